The number of rotatable bonds is 2. The molecule has 0 rings (SSSR count). The molecule has 0 saturated carbocycles. The Kier molecular flexibility index (Phi) is 25.5. The molecule has 0 aromatic carbocycles. The van der Waals surface area contributed by atoms with E-state index in [1.165, 1.54) is 0 Å². The average molecular weight is 332 g/mol. The molecule has 0 amide bonds. The first-order valence-corrected chi connectivity index (χ1v) is 3.38. The Morgan fingerprint density at radius 3 is 1.62 bits per heavy atom. The number of carbonyl (C=O) groups is 1. The summed E-state index contributed by atoms with van der Waals surface area (Å²) in [6.07, 6.45) is 0. The van der Waals surface area contributed by atoms with E-state index in [2.05, 4.69) is 21.1 Å². The van der Waals surface area contributed by atoms with Gasteiger partial charge in [-0.15, -0.1) is 0 Å². The fourth-order valence-corrected chi connectivity index (χ4v) is 0.300. The Balaban J connectivity index is -0.0000000600. The SMILES string of the molecule is CC(=O)[O-].C[N+](C)(C)CCO.[Cl-].[Cs+]. The molecule has 0 saturated heterocycles. The third kappa shape index (κ3) is 57.5. The molecule has 0 spiro atoms. The topological polar surface area (TPSA) is 60.4 Å². The Bertz CT molecular complexity index is 113. The van der Waals surface area contributed by atoms with E-state index in [-0.39, 0.29) is 87.9 Å². The number of carboxylic acid groups (broad SMARTS) is 1. The van der Waals surface area contributed by atoms with Gasteiger partial charge in [-0.05, 0) is 6.92 Å². The molecular formula is C7H17ClCsNO3. The quantitative estimate of drug-likeness (QED) is 0.512. The molecule has 76 valence electrons. The summed E-state index contributed by atoms with van der Waals surface area (Å²) in [4.78, 5) is 8.89. The van der Waals surface area contributed by atoms with Crippen LogP contribution in [0, 0.1) is 0 Å². The Labute approximate surface area is 145 Å². The molecule has 6 heteroatoms. The van der Waals surface area contributed by atoms with Gasteiger partial charge in [-0.25, -0.2) is 0 Å². The maximum absolute atomic E-state index is 8.89. The Morgan fingerprint density at radius 1 is 1.38 bits per heavy atom. The Hall–Kier alpha value is 1.73. The number of halogens is 1. The molecular weight excluding hydrogens is 314 g/mol. The van der Waals surface area contributed by atoms with E-state index in [0.29, 0.717) is 0 Å². The number of aliphatic carboxylic acids is 1. The number of likely N-dealkylation sites (N-methyl/N-ethyl adjacent to an activating group) is 1. The summed E-state index contributed by atoms with van der Waals surface area (Å²) in [5.74, 6) is -1.08. The second-order valence-electron chi connectivity index (χ2n) is 3.23. The number of carboxylic acids is 1. The first kappa shape index (κ1) is 24.1. The molecule has 0 bridgehead atoms. The molecule has 0 unspecified atom stereocenters. The first-order valence-electron chi connectivity index (χ1n) is 3.38. The fourth-order valence-electron chi connectivity index (χ4n) is 0.300. The summed E-state index contributed by atoms with van der Waals surface area (Å²) in [6, 6.07) is 0. The van der Waals surface area contributed by atoms with Gasteiger partial charge in [-0.2, -0.15) is 0 Å². The minimum atomic E-state index is -1.08. The second kappa shape index (κ2) is 13.7. The smallest absolute Gasteiger partial charge is 1.00 e. The number of hydrogen-bond donors (Lipinski definition) is 1. The second-order valence-corrected chi connectivity index (χ2v) is 3.23. The number of aliphatic hydroxyl groups excluding tert-OH is 1. The van der Waals surface area contributed by atoms with Crippen LogP contribution in [0.15, 0.2) is 0 Å². The number of aliphatic hydroxyl groups is 1. The van der Waals surface area contributed by atoms with Crippen LogP contribution in [0.3, 0.4) is 0 Å². The van der Waals surface area contributed by atoms with Crippen LogP contribution in [0.2, 0.25) is 0 Å². The van der Waals surface area contributed by atoms with Crippen molar-refractivity contribution >= 4 is 5.97 Å². The first-order chi connectivity index (χ1) is 4.79. The molecule has 0 aliphatic rings. The van der Waals surface area contributed by atoms with Crippen molar-refractivity contribution in [2.24, 2.45) is 0 Å². The van der Waals surface area contributed by atoms with Gasteiger partial charge < -0.3 is 31.9 Å². The third-order valence-electron chi connectivity index (χ3n) is 0.771. The Morgan fingerprint density at radius 2 is 1.62 bits per heavy atom. The fraction of sp³-hybridized carbons (Fsp3) is 0.857. The zero-order valence-electron chi connectivity index (χ0n) is 9.00. The molecule has 1 N–H and O–H groups in total. The van der Waals surface area contributed by atoms with Crippen LogP contribution < -0.4 is 86.4 Å². The van der Waals surface area contributed by atoms with E-state index in [1.54, 1.807) is 0 Å². The van der Waals surface area contributed by atoms with E-state index in [1.807, 2.05) is 0 Å². The molecule has 0 atom stereocenters. The van der Waals surface area contributed by atoms with E-state index >= 15 is 0 Å². The maximum atomic E-state index is 8.89. The number of nitrogens with zero attached hydrogens (tertiary/aromatic N) is 1. The van der Waals surface area contributed by atoms with Crippen LogP contribution >= 0.6 is 0 Å². The van der Waals surface area contributed by atoms with Crippen molar-refractivity contribution in [2.75, 3.05) is 34.3 Å². The molecule has 0 heterocycles. The van der Waals surface area contributed by atoms with E-state index in [0.717, 1.165) is 18.0 Å². The zero-order valence-corrected chi connectivity index (χ0v) is 16.0. The summed E-state index contributed by atoms with van der Waals surface area (Å²) >= 11 is 0. The van der Waals surface area contributed by atoms with Gasteiger partial charge in [-0.3, -0.25) is 0 Å². The molecule has 0 aliphatic heterocycles. The standard InChI is InChI=1S/C5H14NO.C2H4O2.ClH.Cs/c1-6(2,3)4-5-7;1-2(3)4;;/h7H,4-5H2,1-3H3;1H3,(H,3,4);1H;/q+1;;;+1/p-2. The summed E-state index contributed by atoms with van der Waals surface area (Å²) in [7, 11) is 6.16. The van der Waals surface area contributed by atoms with Crippen molar-refractivity contribution in [3.63, 3.8) is 0 Å². The van der Waals surface area contributed by atoms with Crippen molar-refractivity contribution in [1.29, 1.82) is 0 Å². The van der Waals surface area contributed by atoms with Crippen molar-refractivity contribution in [2.45, 2.75) is 6.92 Å². The van der Waals surface area contributed by atoms with E-state index in [9.17, 15) is 0 Å². The van der Waals surface area contributed by atoms with Gasteiger partial charge in [0.05, 0.1) is 27.7 Å². The summed E-state index contributed by atoms with van der Waals surface area (Å²) < 4.78 is 0.844. The molecule has 4 nitrogen and oxygen atoms in total. The monoisotopic (exact) mass is 331 g/mol. The molecule has 0 radical (unpaired) electrons. The van der Waals surface area contributed by atoms with Gasteiger partial charge in [0.25, 0.3) is 0 Å². The maximum Gasteiger partial charge on any atom is 1.00 e. The van der Waals surface area contributed by atoms with Gasteiger partial charge in [-0.1, -0.05) is 0 Å². The van der Waals surface area contributed by atoms with Crippen LogP contribution in [0.5, 0.6) is 0 Å². The van der Waals surface area contributed by atoms with Crippen molar-refractivity contribution < 1.29 is 101 Å². The zero-order chi connectivity index (χ0) is 9.49. The van der Waals surface area contributed by atoms with Crippen LogP contribution in [0.25, 0.3) is 0 Å². The predicted molar refractivity (Wildman–Crippen MR) is 40.7 cm³/mol. The number of quaternary nitrogens is 1. The summed E-state index contributed by atoms with van der Waals surface area (Å²) in [6.45, 7) is 2.09. The number of carbonyl (C=O) groups excluding carboxylic acids is 1. The van der Waals surface area contributed by atoms with Crippen LogP contribution in [-0.4, -0.2) is 49.9 Å². The van der Waals surface area contributed by atoms with Gasteiger partial charge in [0.2, 0.25) is 0 Å². The number of hydrogen-bond acceptors (Lipinski definition) is 3. The van der Waals surface area contributed by atoms with E-state index in [4.69, 9.17) is 15.0 Å². The summed E-state index contributed by atoms with van der Waals surface area (Å²) in [5, 5.41) is 17.3. The molecule has 0 aromatic heterocycles. The van der Waals surface area contributed by atoms with Crippen LogP contribution in [0.1, 0.15) is 6.92 Å². The third-order valence-corrected chi connectivity index (χ3v) is 0.771. The predicted octanol–water partition coefficient (Wildman–Crippen LogP) is -7.55. The van der Waals surface area contributed by atoms with Gasteiger partial charge in [0, 0.05) is 5.97 Å². The minimum absolute atomic E-state index is 0. The molecule has 0 fully saturated rings. The van der Waals surface area contributed by atoms with Gasteiger partial charge in [0.15, 0.2) is 0 Å². The summed E-state index contributed by atoms with van der Waals surface area (Å²) in [5.41, 5.74) is 0. The van der Waals surface area contributed by atoms with Crippen LogP contribution in [-0.2, 0) is 4.79 Å². The van der Waals surface area contributed by atoms with Crippen molar-refractivity contribution in [3.05, 3.63) is 0 Å². The van der Waals surface area contributed by atoms with Crippen molar-refractivity contribution in [1.82, 2.24) is 0 Å². The van der Waals surface area contributed by atoms with Crippen molar-refractivity contribution in [3.8, 4) is 0 Å². The van der Waals surface area contributed by atoms with Gasteiger partial charge in [0.1, 0.15) is 6.54 Å². The average Bonchev–Trinajstić information content (AvgIpc) is 1.58. The molecule has 0 aliphatic carbocycles. The largest absolute Gasteiger partial charge is 1.00 e. The molecule has 0 aromatic rings. The minimum Gasteiger partial charge on any atom is -1.00 e. The normalized spacial score (nSPS) is 8.38. The van der Waals surface area contributed by atoms with E-state index < -0.39 is 5.97 Å². The van der Waals surface area contributed by atoms with Gasteiger partial charge >= 0.3 is 68.9 Å². The molecule has 13 heavy (non-hydrogen) atoms. The van der Waals surface area contributed by atoms with Crippen LogP contribution in [0.4, 0.5) is 0 Å².